The quantitative estimate of drug-likeness (QED) is 0.225. The first-order valence-electron chi connectivity index (χ1n) is 9.82. The molecule has 2 N–H and O–H groups in total. The molecule has 0 atom stereocenters. The number of hydrogen-bond donors (Lipinski definition) is 2. The highest BCUT2D eigenvalue weighted by molar-refractivity contribution is 8.00. The topological polar surface area (TPSA) is 106 Å². The highest BCUT2D eigenvalue weighted by Crippen LogP contribution is 2.30. The average Bonchev–Trinajstić information content (AvgIpc) is 3.23. The minimum absolute atomic E-state index is 0.613. The van der Waals surface area contributed by atoms with Crippen LogP contribution in [0.3, 0.4) is 0 Å². The Balaban J connectivity index is 1.60. The van der Waals surface area contributed by atoms with Crippen molar-refractivity contribution in [3.05, 3.63) is 64.2 Å². The second-order valence-corrected chi connectivity index (χ2v) is 9.02. The molecule has 0 radical (unpaired) electrons. The van der Waals surface area contributed by atoms with Gasteiger partial charge in [0.15, 0.2) is 4.34 Å². The minimum atomic E-state index is -0.844. The summed E-state index contributed by atoms with van der Waals surface area (Å²) in [6.07, 6.45) is 2.22. The smallest absolute Gasteiger partial charge is 0.329 e. The van der Waals surface area contributed by atoms with Gasteiger partial charge in [-0.05, 0) is 48.7 Å². The maximum absolute atomic E-state index is 12.2. The van der Waals surface area contributed by atoms with E-state index in [1.54, 1.807) is 31.0 Å². The molecule has 0 saturated carbocycles. The molecule has 0 bridgehead atoms. The summed E-state index contributed by atoms with van der Waals surface area (Å²) in [7, 11) is 1.61. The van der Waals surface area contributed by atoms with Crippen LogP contribution < -0.4 is 15.5 Å². The van der Waals surface area contributed by atoms with Crippen LogP contribution in [0.2, 0.25) is 0 Å². The largest absolute Gasteiger partial charge is 0.496 e. The summed E-state index contributed by atoms with van der Waals surface area (Å²) in [4.78, 5) is 24.2. The number of amides is 2. The molecule has 0 fully saturated rings. The number of ether oxygens (including phenoxy) is 1. The number of methoxy groups -OCH3 is 1. The molecular weight excluding hydrogens is 446 g/mol. The second kappa shape index (κ2) is 11.4. The number of para-hydroxylation sites is 1. The van der Waals surface area contributed by atoms with E-state index in [1.165, 1.54) is 17.6 Å². The Bertz CT molecular complexity index is 1130. The van der Waals surface area contributed by atoms with Crippen LogP contribution in [0.4, 0.5) is 5.69 Å². The lowest BCUT2D eigenvalue weighted by molar-refractivity contribution is -0.136. The fourth-order valence-corrected chi connectivity index (χ4v) is 4.61. The van der Waals surface area contributed by atoms with Crippen LogP contribution in [0.5, 0.6) is 5.75 Å². The predicted molar refractivity (Wildman–Crippen MR) is 127 cm³/mol. The van der Waals surface area contributed by atoms with Gasteiger partial charge in [0.25, 0.3) is 0 Å². The number of carbonyl (C=O) groups is 2. The summed E-state index contributed by atoms with van der Waals surface area (Å²) in [6.45, 7) is 3.89. The Morgan fingerprint density at radius 2 is 1.97 bits per heavy atom. The molecule has 1 aromatic heterocycles. The van der Waals surface area contributed by atoms with Crippen molar-refractivity contribution < 1.29 is 14.3 Å². The number of nitrogens with one attached hydrogen (secondary N) is 2. The van der Waals surface area contributed by atoms with Crippen LogP contribution in [0.25, 0.3) is 0 Å². The highest BCUT2D eigenvalue weighted by atomic mass is 32.2. The van der Waals surface area contributed by atoms with Gasteiger partial charge in [-0.25, -0.2) is 5.43 Å². The first-order chi connectivity index (χ1) is 15.5. The molecule has 8 nitrogen and oxygen atoms in total. The third kappa shape index (κ3) is 6.38. The maximum atomic E-state index is 12.2. The predicted octanol–water partition coefficient (Wildman–Crippen LogP) is 3.80. The molecule has 10 heteroatoms. The number of thioether (sulfide) groups is 1. The molecule has 0 unspecified atom stereocenters. The first-order valence-corrected chi connectivity index (χ1v) is 11.6. The van der Waals surface area contributed by atoms with Crippen LogP contribution in [0.1, 0.15) is 28.6 Å². The van der Waals surface area contributed by atoms with E-state index in [0.29, 0.717) is 11.4 Å². The van der Waals surface area contributed by atoms with Crippen LogP contribution in [0, 0.1) is 6.92 Å². The van der Waals surface area contributed by atoms with Gasteiger partial charge in [-0.1, -0.05) is 48.2 Å². The highest BCUT2D eigenvalue weighted by Gasteiger charge is 2.14. The first kappa shape index (κ1) is 23.4. The second-order valence-electron chi connectivity index (χ2n) is 6.61. The van der Waals surface area contributed by atoms with E-state index in [9.17, 15) is 9.59 Å². The van der Waals surface area contributed by atoms with Gasteiger partial charge in [0.2, 0.25) is 0 Å². The molecule has 0 aliphatic carbocycles. The van der Waals surface area contributed by atoms with Crippen molar-refractivity contribution in [2.75, 3.05) is 12.4 Å². The zero-order chi connectivity index (χ0) is 22.9. The number of benzene rings is 2. The summed E-state index contributed by atoms with van der Waals surface area (Å²) in [5, 5.41) is 15.6. The van der Waals surface area contributed by atoms with Gasteiger partial charge in [-0.15, -0.1) is 10.2 Å². The molecular formula is C22H23N5O3S2. The van der Waals surface area contributed by atoms with Crippen molar-refractivity contribution in [1.29, 1.82) is 0 Å². The fourth-order valence-electron chi connectivity index (χ4n) is 2.81. The summed E-state index contributed by atoms with van der Waals surface area (Å²) < 4.78 is 6.31. The number of hydrogen-bond acceptors (Lipinski definition) is 8. The molecule has 166 valence electrons. The standard InChI is InChI=1S/C22H23N5O3S2/c1-4-16-7-5-6-8-18(16)24-20(28)21(29)26-23-12-15-9-10-19(30-3)17(11-15)13-31-22-27-25-14(2)32-22/h5-12H,4,13H2,1-3H3,(H,24,28)(H,26,29)/b23-12+. The molecule has 3 rings (SSSR count). The van der Waals surface area contributed by atoms with Gasteiger partial charge < -0.3 is 10.1 Å². The third-order valence-corrected chi connectivity index (χ3v) is 6.42. The molecule has 2 aromatic carbocycles. The molecule has 32 heavy (non-hydrogen) atoms. The van der Waals surface area contributed by atoms with E-state index >= 15 is 0 Å². The lowest BCUT2D eigenvalue weighted by atomic mass is 10.1. The van der Waals surface area contributed by atoms with Crippen LogP contribution in [-0.2, 0) is 21.8 Å². The van der Waals surface area contributed by atoms with Crippen molar-refractivity contribution in [1.82, 2.24) is 15.6 Å². The van der Waals surface area contributed by atoms with Crippen molar-refractivity contribution in [2.45, 2.75) is 30.4 Å². The van der Waals surface area contributed by atoms with E-state index in [0.717, 1.165) is 38.2 Å². The van der Waals surface area contributed by atoms with Crippen LogP contribution >= 0.6 is 23.1 Å². The summed E-state index contributed by atoms with van der Waals surface area (Å²) in [5.41, 5.74) is 5.53. The van der Waals surface area contributed by atoms with Crippen molar-refractivity contribution in [2.24, 2.45) is 5.10 Å². The maximum Gasteiger partial charge on any atom is 0.329 e. The molecule has 0 saturated heterocycles. The zero-order valence-electron chi connectivity index (χ0n) is 17.9. The van der Waals surface area contributed by atoms with E-state index < -0.39 is 11.8 Å². The SMILES string of the molecule is CCc1ccccc1NC(=O)C(=O)N/N=C/c1ccc(OC)c(CSc2nnc(C)s2)c1. The van der Waals surface area contributed by atoms with Gasteiger partial charge >= 0.3 is 11.8 Å². The van der Waals surface area contributed by atoms with E-state index in [4.69, 9.17) is 4.74 Å². The van der Waals surface area contributed by atoms with Gasteiger partial charge in [-0.2, -0.15) is 5.10 Å². The molecule has 0 aliphatic rings. The Morgan fingerprint density at radius 3 is 2.69 bits per heavy atom. The molecule has 2 amide bonds. The summed E-state index contributed by atoms with van der Waals surface area (Å²) in [6, 6.07) is 12.9. The molecule has 1 heterocycles. The fraction of sp³-hybridized carbons (Fsp3) is 0.227. The Labute approximate surface area is 194 Å². The number of hydrazone groups is 1. The number of aryl methyl sites for hydroxylation is 2. The van der Waals surface area contributed by atoms with Gasteiger partial charge in [0.1, 0.15) is 10.8 Å². The Kier molecular flexibility index (Phi) is 8.34. The number of nitrogens with zero attached hydrogens (tertiary/aromatic N) is 3. The van der Waals surface area contributed by atoms with Gasteiger partial charge in [-0.3, -0.25) is 9.59 Å². The van der Waals surface area contributed by atoms with Crippen LogP contribution in [-0.4, -0.2) is 35.3 Å². The minimum Gasteiger partial charge on any atom is -0.496 e. The van der Waals surface area contributed by atoms with E-state index in [2.05, 4.69) is 26.0 Å². The van der Waals surface area contributed by atoms with E-state index in [-0.39, 0.29) is 0 Å². The summed E-state index contributed by atoms with van der Waals surface area (Å²) >= 11 is 3.10. The van der Waals surface area contributed by atoms with Crippen molar-refractivity contribution >= 4 is 46.8 Å². The number of rotatable bonds is 8. The number of anilines is 1. The van der Waals surface area contributed by atoms with Gasteiger partial charge in [0, 0.05) is 17.0 Å². The summed E-state index contributed by atoms with van der Waals surface area (Å²) in [5.74, 6) is -0.232. The zero-order valence-corrected chi connectivity index (χ0v) is 19.5. The third-order valence-electron chi connectivity index (χ3n) is 4.40. The monoisotopic (exact) mass is 469 g/mol. The van der Waals surface area contributed by atoms with Crippen molar-refractivity contribution in [3.8, 4) is 5.75 Å². The Hall–Kier alpha value is -3.24. The molecule has 0 spiro atoms. The molecule has 0 aliphatic heterocycles. The number of aromatic nitrogens is 2. The lowest BCUT2D eigenvalue weighted by Gasteiger charge is -2.09. The number of carbonyl (C=O) groups excluding carboxylic acids is 2. The normalized spacial score (nSPS) is 10.8. The molecule has 3 aromatic rings. The van der Waals surface area contributed by atoms with Crippen molar-refractivity contribution in [3.63, 3.8) is 0 Å². The average molecular weight is 470 g/mol. The Morgan fingerprint density at radius 1 is 1.16 bits per heavy atom. The lowest BCUT2D eigenvalue weighted by Crippen LogP contribution is -2.32. The van der Waals surface area contributed by atoms with Crippen LogP contribution in [0.15, 0.2) is 51.9 Å². The van der Waals surface area contributed by atoms with Gasteiger partial charge in [0.05, 0.1) is 13.3 Å². The van der Waals surface area contributed by atoms with E-state index in [1.807, 2.05) is 44.2 Å².